The number of anilines is 1. The van der Waals surface area contributed by atoms with E-state index in [-0.39, 0.29) is 17.6 Å². The van der Waals surface area contributed by atoms with E-state index in [4.69, 9.17) is 11.1 Å². The van der Waals surface area contributed by atoms with Crippen molar-refractivity contribution in [1.82, 2.24) is 4.98 Å². The van der Waals surface area contributed by atoms with E-state index >= 15 is 0 Å². The van der Waals surface area contributed by atoms with Crippen LogP contribution in [0.5, 0.6) is 0 Å². The standard InChI is InChI=1S/C13H19F3N4/c1-9(2)8-20(6-4-11(17)18)12-7-10(3-5-19-12)13(14,15)16/h3,5,7,9H,4,6,8H2,1-2H3,(H3,17,18). The van der Waals surface area contributed by atoms with Crippen LogP contribution in [-0.4, -0.2) is 23.9 Å². The van der Waals surface area contributed by atoms with Crippen molar-refractivity contribution in [3.8, 4) is 0 Å². The van der Waals surface area contributed by atoms with Crippen LogP contribution in [0.3, 0.4) is 0 Å². The first-order chi connectivity index (χ1) is 9.20. The molecule has 0 saturated heterocycles. The number of rotatable bonds is 6. The Kier molecular flexibility index (Phi) is 5.35. The van der Waals surface area contributed by atoms with Gasteiger partial charge in [0, 0.05) is 25.7 Å². The predicted molar refractivity (Wildman–Crippen MR) is 72.8 cm³/mol. The highest BCUT2D eigenvalue weighted by atomic mass is 19.4. The third kappa shape index (κ3) is 5.07. The van der Waals surface area contributed by atoms with Gasteiger partial charge in [0.25, 0.3) is 0 Å². The summed E-state index contributed by atoms with van der Waals surface area (Å²) >= 11 is 0. The molecule has 1 aromatic rings. The van der Waals surface area contributed by atoms with E-state index < -0.39 is 11.7 Å². The Morgan fingerprint density at radius 1 is 1.45 bits per heavy atom. The van der Waals surface area contributed by atoms with Gasteiger partial charge in [-0.25, -0.2) is 4.98 Å². The molecule has 0 saturated carbocycles. The van der Waals surface area contributed by atoms with Crippen LogP contribution >= 0.6 is 0 Å². The summed E-state index contributed by atoms with van der Waals surface area (Å²) in [6, 6.07) is 1.98. The molecule has 1 aromatic heterocycles. The molecule has 0 aliphatic rings. The first-order valence-corrected chi connectivity index (χ1v) is 6.31. The van der Waals surface area contributed by atoms with Gasteiger partial charge < -0.3 is 10.6 Å². The molecule has 0 aromatic carbocycles. The molecule has 7 heteroatoms. The number of aromatic nitrogens is 1. The maximum absolute atomic E-state index is 12.7. The molecule has 112 valence electrons. The Hall–Kier alpha value is -1.79. The molecule has 0 radical (unpaired) electrons. The molecule has 0 atom stereocenters. The van der Waals surface area contributed by atoms with Crippen LogP contribution in [0.15, 0.2) is 18.3 Å². The van der Waals surface area contributed by atoms with Crippen LogP contribution in [0, 0.1) is 11.3 Å². The topological polar surface area (TPSA) is 66.0 Å². The second-order valence-corrected chi connectivity index (χ2v) is 5.02. The second-order valence-electron chi connectivity index (χ2n) is 5.02. The molecule has 0 amide bonds. The number of hydrogen-bond donors (Lipinski definition) is 2. The first-order valence-electron chi connectivity index (χ1n) is 6.31. The summed E-state index contributed by atoms with van der Waals surface area (Å²) in [7, 11) is 0. The normalized spacial score (nSPS) is 11.7. The molecule has 1 rings (SSSR count). The Balaban J connectivity index is 2.97. The average molecular weight is 288 g/mol. The van der Waals surface area contributed by atoms with Crippen LogP contribution in [0.1, 0.15) is 25.8 Å². The zero-order valence-corrected chi connectivity index (χ0v) is 11.5. The second kappa shape index (κ2) is 6.58. The molecule has 0 bridgehead atoms. The van der Waals surface area contributed by atoms with Gasteiger partial charge >= 0.3 is 6.18 Å². The number of hydrogen-bond acceptors (Lipinski definition) is 3. The van der Waals surface area contributed by atoms with Crippen LogP contribution in [0.2, 0.25) is 0 Å². The number of nitrogens with one attached hydrogen (secondary N) is 1. The lowest BCUT2D eigenvalue weighted by molar-refractivity contribution is -0.137. The Morgan fingerprint density at radius 2 is 2.10 bits per heavy atom. The van der Waals surface area contributed by atoms with Gasteiger partial charge in [0.2, 0.25) is 0 Å². The largest absolute Gasteiger partial charge is 0.416 e. The fourth-order valence-corrected chi connectivity index (χ4v) is 1.76. The van der Waals surface area contributed by atoms with Gasteiger partial charge in [-0.1, -0.05) is 13.8 Å². The van der Waals surface area contributed by atoms with Gasteiger partial charge in [-0.15, -0.1) is 0 Å². The molecule has 4 nitrogen and oxygen atoms in total. The Bertz CT molecular complexity index is 457. The molecule has 0 fully saturated rings. The van der Waals surface area contributed by atoms with Gasteiger partial charge in [-0.2, -0.15) is 13.2 Å². The number of alkyl halides is 3. The average Bonchev–Trinajstić information content (AvgIpc) is 2.33. The predicted octanol–water partition coefficient (Wildman–Crippen LogP) is 2.89. The van der Waals surface area contributed by atoms with E-state index in [1.165, 1.54) is 0 Å². The number of pyridine rings is 1. The summed E-state index contributed by atoms with van der Waals surface area (Å²) in [5.74, 6) is 0.527. The fraction of sp³-hybridized carbons (Fsp3) is 0.538. The minimum absolute atomic E-state index is 0.00531. The van der Waals surface area contributed by atoms with Crippen molar-refractivity contribution in [3.63, 3.8) is 0 Å². The minimum atomic E-state index is -4.39. The van der Waals surface area contributed by atoms with Crippen LogP contribution in [0.4, 0.5) is 19.0 Å². The molecule has 0 aliphatic carbocycles. The quantitative estimate of drug-likeness (QED) is 0.625. The van der Waals surface area contributed by atoms with Crippen molar-refractivity contribution in [2.24, 2.45) is 11.7 Å². The van der Waals surface area contributed by atoms with Crippen molar-refractivity contribution >= 4 is 11.7 Å². The molecule has 3 N–H and O–H groups in total. The Morgan fingerprint density at radius 3 is 2.60 bits per heavy atom. The summed E-state index contributed by atoms with van der Waals surface area (Å²) in [4.78, 5) is 5.72. The van der Waals surface area contributed by atoms with E-state index in [2.05, 4.69) is 4.98 Å². The fourth-order valence-electron chi connectivity index (χ4n) is 1.76. The third-order valence-electron chi connectivity index (χ3n) is 2.63. The molecule has 0 unspecified atom stereocenters. The van der Waals surface area contributed by atoms with Crippen molar-refractivity contribution in [2.75, 3.05) is 18.0 Å². The summed E-state index contributed by atoms with van der Waals surface area (Å²) in [5.41, 5.74) is 4.58. The number of halogens is 3. The highest BCUT2D eigenvalue weighted by Gasteiger charge is 2.31. The highest BCUT2D eigenvalue weighted by Crippen LogP contribution is 2.30. The summed E-state index contributed by atoms with van der Waals surface area (Å²) < 4.78 is 38.1. The Labute approximate surface area is 116 Å². The van der Waals surface area contributed by atoms with Gasteiger partial charge in [-0.05, 0) is 18.1 Å². The SMILES string of the molecule is CC(C)CN(CCC(=N)N)c1cc(C(F)(F)F)ccn1. The lowest BCUT2D eigenvalue weighted by Gasteiger charge is -2.26. The van der Waals surface area contributed by atoms with Crippen LogP contribution < -0.4 is 10.6 Å². The van der Waals surface area contributed by atoms with E-state index in [0.29, 0.717) is 19.5 Å². The molecule has 0 spiro atoms. The smallest absolute Gasteiger partial charge is 0.388 e. The number of nitrogens with zero attached hydrogens (tertiary/aromatic N) is 2. The lowest BCUT2D eigenvalue weighted by Crippen LogP contribution is -2.32. The summed E-state index contributed by atoms with van der Waals surface area (Å²) in [6.07, 6.45) is -2.94. The third-order valence-corrected chi connectivity index (χ3v) is 2.63. The maximum Gasteiger partial charge on any atom is 0.416 e. The molecule has 1 heterocycles. The van der Waals surface area contributed by atoms with E-state index in [9.17, 15) is 13.2 Å². The van der Waals surface area contributed by atoms with E-state index in [1.54, 1.807) is 4.90 Å². The van der Waals surface area contributed by atoms with Crippen molar-refractivity contribution in [1.29, 1.82) is 5.41 Å². The van der Waals surface area contributed by atoms with Gasteiger partial charge in [-0.3, -0.25) is 5.41 Å². The van der Waals surface area contributed by atoms with Crippen molar-refractivity contribution in [3.05, 3.63) is 23.9 Å². The summed E-state index contributed by atoms with van der Waals surface area (Å²) in [5, 5.41) is 7.22. The minimum Gasteiger partial charge on any atom is -0.388 e. The van der Waals surface area contributed by atoms with E-state index in [0.717, 1.165) is 18.3 Å². The lowest BCUT2D eigenvalue weighted by atomic mass is 10.2. The molecular formula is C13H19F3N4. The molecule has 0 aliphatic heterocycles. The first kappa shape index (κ1) is 16.3. The van der Waals surface area contributed by atoms with E-state index in [1.807, 2.05) is 13.8 Å². The number of nitrogens with two attached hydrogens (primary N) is 1. The number of amidine groups is 1. The van der Waals surface area contributed by atoms with Gasteiger partial charge in [0.15, 0.2) is 0 Å². The monoisotopic (exact) mass is 288 g/mol. The van der Waals surface area contributed by atoms with Crippen molar-refractivity contribution in [2.45, 2.75) is 26.4 Å². The molecular weight excluding hydrogens is 269 g/mol. The highest BCUT2D eigenvalue weighted by molar-refractivity contribution is 5.77. The zero-order valence-electron chi connectivity index (χ0n) is 11.5. The maximum atomic E-state index is 12.7. The summed E-state index contributed by atoms with van der Waals surface area (Å²) in [6.45, 7) is 4.87. The molecule has 20 heavy (non-hydrogen) atoms. The van der Waals surface area contributed by atoms with Gasteiger partial charge in [0.1, 0.15) is 5.82 Å². The zero-order chi connectivity index (χ0) is 15.3. The van der Waals surface area contributed by atoms with Crippen LogP contribution in [0.25, 0.3) is 0 Å². The van der Waals surface area contributed by atoms with Gasteiger partial charge in [0.05, 0.1) is 11.4 Å². The van der Waals surface area contributed by atoms with Crippen molar-refractivity contribution < 1.29 is 13.2 Å². The van der Waals surface area contributed by atoms with Crippen LogP contribution in [-0.2, 0) is 6.18 Å².